The van der Waals surface area contributed by atoms with Gasteiger partial charge in [-0.15, -0.1) is 11.8 Å². The van der Waals surface area contributed by atoms with Gasteiger partial charge in [-0.2, -0.15) is 0 Å². The maximum absolute atomic E-state index is 9.68. The molecule has 0 saturated carbocycles. The maximum atomic E-state index is 9.68. The molecule has 0 aliphatic rings. The predicted molar refractivity (Wildman–Crippen MR) is 66.3 cm³/mol. The Morgan fingerprint density at radius 1 is 1.27 bits per heavy atom. The van der Waals surface area contributed by atoms with E-state index in [2.05, 4.69) is 31.3 Å². The maximum Gasteiger partial charge on any atom is 0.0758 e. The Morgan fingerprint density at radius 3 is 2.53 bits per heavy atom. The molecule has 0 heterocycles. The molecule has 0 amide bonds. The first-order valence-electron chi connectivity index (χ1n) is 5.28. The van der Waals surface area contributed by atoms with Gasteiger partial charge in [-0.1, -0.05) is 32.0 Å². The SMILES string of the molecule is CC(C)NC[C@H](O)CSc1ccccc1. The van der Waals surface area contributed by atoms with Crippen LogP contribution in [0.15, 0.2) is 35.2 Å². The Labute approximate surface area is 96.1 Å². The Balaban J connectivity index is 2.19. The van der Waals surface area contributed by atoms with Crippen molar-refractivity contribution in [2.45, 2.75) is 30.9 Å². The zero-order valence-electron chi connectivity index (χ0n) is 9.31. The first-order valence-corrected chi connectivity index (χ1v) is 6.26. The average molecular weight is 225 g/mol. The fourth-order valence-electron chi connectivity index (χ4n) is 1.14. The third kappa shape index (κ3) is 5.82. The molecule has 1 rings (SSSR count). The van der Waals surface area contributed by atoms with E-state index < -0.39 is 0 Å². The number of aliphatic hydroxyl groups is 1. The lowest BCUT2D eigenvalue weighted by atomic mass is 10.3. The summed E-state index contributed by atoms with van der Waals surface area (Å²) in [5.74, 6) is 0.740. The summed E-state index contributed by atoms with van der Waals surface area (Å²) in [6.45, 7) is 4.83. The average Bonchev–Trinajstić information content (AvgIpc) is 2.25. The van der Waals surface area contributed by atoms with Gasteiger partial charge in [-0.3, -0.25) is 0 Å². The summed E-state index contributed by atoms with van der Waals surface area (Å²) in [6.07, 6.45) is -0.280. The van der Waals surface area contributed by atoms with E-state index in [4.69, 9.17) is 0 Å². The highest BCUT2D eigenvalue weighted by Gasteiger charge is 2.05. The van der Waals surface area contributed by atoms with Crippen molar-refractivity contribution in [2.75, 3.05) is 12.3 Å². The lowest BCUT2D eigenvalue weighted by Crippen LogP contribution is -2.33. The summed E-state index contributed by atoms with van der Waals surface area (Å²) in [4.78, 5) is 1.21. The molecular formula is C12H19NOS. The number of aliphatic hydroxyl groups excluding tert-OH is 1. The zero-order chi connectivity index (χ0) is 11.1. The Kier molecular flexibility index (Phi) is 5.76. The molecule has 1 atom stereocenters. The topological polar surface area (TPSA) is 32.3 Å². The zero-order valence-corrected chi connectivity index (χ0v) is 10.1. The van der Waals surface area contributed by atoms with Crippen molar-refractivity contribution in [3.63, 3.8) is 0 Å². The van der Waals surface area contributed by atoms with E-state index in [0.29, 0.717) is 12.6 Å². The molecule has 0 aromatic heterocycles. The van der Waals surface area contributed by atoms with Crippen molar-refractivity contribution in [1.82, 2.24) is 5.32 Å². The number of thioether (sulfide) groups is 1. The van der Waals surface area contributed by atoms with Crippen LogP contribution in [0.5, 0.6) is 0 Å². The third-order valence-electron chi connectivity index (χ3n) is 1.95. The molecule has 0 bridgehead atoms. The highest BCUT2D eigenvalue weighted by atomic mass is 32.2. The van der Waals surface area contributed by atoms with Crippen LogP contribution in [0.3, 0.4) is 0 Å². The number of benzene rings is 1. The molecule has 0 fully saturated rings. The van der Waals surface area contributed by atoms with Crippen molar-refractivity contribution in [1.29, 1.82) is 0 Å². The van der Waals surface area contributed by atoms with E-state index in [1.165, 1.54) is 4.90 Å². The summed E-state index contributed by atoms with van der Waals surface area (Å²) in [7, 11) is 0. The summed E-state index contributed by atoms with van der Waals surface area (Å²) in [5.41, 5.74) is 0. The summed E-state index contributed by atoms with van der Waals surface area (Å²) in [5, 5.41) is 12.9. The third-order valence-corrected chi connectivity index (χ3v) is 3.10. The Bertz CT molecular complexity index is 264. The lowest BCUT2D eigenvalue weighted by molar-refractivity contribution is 0.192. The van der Waals surface area contributed by atoms with Gasteiger partial charge in [-0.05, 0) is 12.1 Å². The normalized spacial score (nSPS) is 13.1. The molecule has 1 aromatic carbocycles. The fourth-order valence-corrected chi connectivity index (χ4v) is 1.99. The van der Waals surface area contributed by atoms with Crippen LogP contribution in [0.2, 0.25) is 0 Å². The standard InChI is InChI=1S/C12H19NOS/c1-10(2)13-8-11(14)9-15-12-6-4-3-5-7-12/h3-7,10-11,13-14H,8-9H2,1-2H3/t11-/m0/s1. The van der Waals surface area contributed by atoms with Gasteiger partial charge in [0.05, 0.1) is 6.10 Å². The molecular weight excluding hydrogens is 206 g/mol. The minimum atomic E-state index is -0.280. The molecule has 0 radical (unpaired) electrons. The minimum absolute atomic E-state index is 0.280. The van der Waals surface area contributed by atoms with Crippen molar-refractivity contribution < 1.29 is 5.11 Å². The van der Waals surface area contributed by atoms with Crippen molar-refractivity contribution >= 4 is 11.8 Å². The lowest BCUT2D eigenvalue weighted by Gasteiger charge is -2.13. The van der Waals surface area contributed by atoms with Crippen LogP contribution in [-0.4, -0.2) is 29.5 Å². The van der Waals surface area contributed by atoms with E-state index in [0.717, 1.165) is 5.75 Å². The molecule has 84 valence electrons. The van der Waals surface area contributed by atoms with Gasteiger partial charge < -0.3 is 10.4 Å². The largest absolute Gasteiger partial charge is 0.391 e. The van der Waals surface area contributed by atoms with Gasteiger partial charge >= 0.3 is 0 Å². The highest BCUT2D eigenvalue weighted by Crippen LogP contribution is 2.17. The van der Waals surface area contributed by atoms with Crippen LogP contribution in [0.25, 0.3) is 0 Å². The van der Waals surface area contributed by atoms with E-state index >= 15 is 0 Å². The second kappa shape index (κ2) is 6.88. The van der Waals surface area contributed by atoms with Crippen molar-refractivity contribution in [3.05, 3.63) is 30.3 Å². The van der Waals surface area contributed by atoms with Crippen LogP contribution < -0.4 is 5.32 Å². The number of nitrogens with one attached hydrogen (secondary N) is 1. The van der Waals surface area contributed by atoms with E-state index in [-0.39, 0.29) is 6.10 Å². The summed E-state index contributed by atoms with van der Waals surface area (Å²) in [6, 6.07) is 10.6. The van der Waals surface area contributed by atoms with Crippen LogP contribution in [0.4, 0.5) is 0 Å². The first kappa shape index (κ1) is 12.6. The Morgan fingerprint density at radius 2 is 1.93 bits per heavy atom. The van der Waals surface area contributed by atoms with Gasteiger partial charge in [-0.25, -0.2) is 0 Å². The molecule has 0 aliphatic carbocycles. The number of rotatable bonds is 6. The van der Waals surface area contributed by atoms with E-state index in [1.807, 2.05) is 18.2 Å². The van der Waals surface area contributed by atoms with Gasteiger partial charge in [0.1, 0.15) is 0 Å². The number of hydrogen-bond donors (Lipinski definition) is 2. The van der Waals surface area contributed by atoms with Crippen LogP contribution >= 0.6 is 11.8 Å². The molecule has 0 unspecified atom stereocenters. The van der Waals surface area contributed by atoms with E-state index in [9.17, 15) is 5.11 Å². The predicted octanol–water partition coefficient (Wildman–Crippen LogP) is 2.14. The van der Waals surface area contributed by atoms with Crippen molar-refractivity contribution in [2.24, 2.45) is 0 Å². The summed E-state index contributed by atoms with van der Waals surface area (Å²) >= 11 is 1.69. The number of hydrogen-bond acceptors (Lipinski definition) is 3. The molecule has 15 heavy (non-hydrogen) atoms. The quantitative estimate of drug-likeness (QED) is 0.728. The first-order chi connectivity index (χ1) is 7.18. The van der Waals surface area contributed by atoms with Crippen LogP contribution in [0.1, 0.15) is 13.8 Å². The van der Waals surface area contributed by atoms with Crippen LogP contribution in [0, 0.1) is 0 Å². The van der Waals surface area contributed by atoms with Gasteiger partial charge in [0.2, 0.25) is 0 Å². The Hall–Kier alpha value is -0.510. The molecule has 3 heteroatoms. The molecule has 0 spiro atoms. The van der Waals surface area contributed by atoms with E-state index in [1.54, 1.807) is 11.8 Å². The van der Waals surface area contributed by atoms with Gasteiger partial charge in [0, 0.05) is 23.2 Å². The smallest absolute Gasteiger partial charge is 0.0758 e. The monoisotopic (exact) mass is 225 g/mol. The molecule has 0 aliphatic heterocycles. The van der Waals surface area contributed by atoms with Crippen molar-refractivity contribution in [3.8, 4) is 0 Å². The molecule has 2 N–H and O–H groups in total. The molecule has 0 saturated heterocycles. The van der Waals surface area contributed by atoms with Gasteiger partial charge in [0.15, 0.2) is 0 Å². The second-order valence-electron chi connectivity index (χ2n) is 3.84. The molecule has 2 nitrogen and oxygen atoms in total. The van der Waals surface area contributed by atoms with Gasteiger partial charge in [0.25, 0.3) is 0 Å². The minimum Gasteiger partial charge on any atom is -0.391 e. The molecule has 1 aromatic rings. The summed E-state index contributed by atoms with van der Waals surface area (Å²) < 4.78 is 0. The van der Waals surface area contributed by atoms with Crippen LogP contribution in [-0.2, 0) is 0 Å². The second-order valence-corrected chi connectivity index (χ2v) is 4.93. The highest BCUT2D eigenvalue weighted by molar-refractivity contribution is 7.99. The fraction of sp³-hybridized carbons (Fsp3) is 0.500.